The van der Waals surface area contributed by atoms with Gasteiger partial charge in [0.1, 0.15) is 25.4 Å². The van der Waals surface area contributed by atoms with Crippen LogP contribution in [0.2, 0.25) is 0 Å². The van der Waals surface area contributed by atoms with Crippen LogP contribution in [0.1, 0.15) is 41.1 Å². The van der Waals surface area contributed by atoms with Crippen LogP contribution in [-0.4, -0.2) is 123 Å². The van der Waals surface area contributed by atoms with Gasteiger partial charge < -0.3 is 46.9 Å². The summed E-state index contributed by atoms with van der Waals surface area (Å²) >= 11 is 0. The number of nitrogens with zero attached hydrogens (tertiary/aromatic N) is 2. The van der Waals surface area contributed by atoms with Gasteiger partial charge in [0, 0.05) is 42.7 Å². The zero-order valence-corrected chi connectivity index (χ0v) is 34.7. The second-order valence-electron chi connectivity index (χ2n) is 14.4. The third kappa shape index (κ3) is 11.6. The molecule has 0 N–H and O–H groups in total. The van der Waals surface area contributed by atoms with Crippen LogP contribution in [0.3, 0.4) is 0 Å². The molecule has 0 radical (unpaired) electrons. The van der Waals surface area contributed by atoms with Crippen LogP contribution in [-0.2, 0) is 60.0 Å². The van der Waals surface area contributed by atoms with E-state index in [1.807, 2.05) is 24.3 Å². The van der Waals surface area contributed by atoms with Gasteiger partial charge in [-0.1, -0.05) is 17.7 Å². The summed E-state index contributed by atoms with van der Waals surface area (Å²) in [5.41, 5.74) is 4.83. The van der Waals surface area contributed by atoms with Crippen LogP contribution in [0.25, 0.3) is 0 Å². The number of esters is 2. The molecule has 0 saturated carbocycles. The first-order chi connectivity index (χ1) is 26.6. The Balaban J connectivity index is 0.00000696. The molecule has 0 spiro atoms. The number of likely N-dealkylation sites (N-methyl/N-ethyl adjacent to an activating group) is 1. The quantitative estimate of drug-likeness (QED) is 0.0539. The first-order valence-electron chi connectivity index (χ1n) is 18.9. The summed E-state index contributed by atoms with van der Waals surface area (Å²) in [6, 6.07) is 19.8. The number of morpholine rings is 1. The number of ether oxygens (including phenoxy) is 8. The molecule has 2 aliphatic rings. The third-order valence-corrected chi connectivity index (χ3v) is 11.0. The molecule has 3 aromatic rings. The topological polar surface area (TPSA) is 108 Å². The molecular formula is C43H58CoN2O10+2. The van der Waals surface area contributed by atoms with E-state index in [1.54, 1.807) is 35.5 Å². The molecule has 13 heteroatoms. The molecule has 0 amide bonds. The fraction of sp³-hybridized carbons (Fsp3) is 0.488. The van der Waals surface area contributed by atoms with Crippen molar-refractivity contribution in [1.82, 2.24) is 0 Å². The Bertz CT molecular complexity index is 1740. The van der Waals surface area contributed by atoms with Crippen LogP contribution in [0.15, 0.2) is 60.7 Å². The summed E-state index contributed by atoms with van der Waals surface area (Å²) in [5.74, 6) is 2.19. The average Bonchev–Trinajstić information content (AvgIpc) is 3.21. The van der Waals surface area contributed by atoms with E-state index in [0.717, 1.165) is 90.3 Å². The molecule has 0 aromatic heterocycles. The molecular weight excluding hydrogens is 763 g/mol. The van der Waals surface area contributed by atoms with Gasteiger partial charge >= 0.3 is 28.7 Å². The normalized spacial score (nSPS) is 18.6. The number of carbonyl (C=O) groups excluding carboxylic acids is 2. The van der Waals surface area contributed by atoms with E-state index in [9.17, 15) is 9.59 Å². The number of hydrogen-bond donors (Lipinski definition) is 0. The standard InChI is InChI=1S/C43H57N2O10.Co.H/c1-44(20-17-34-11-14-36(49-3)30-37(34)38(44)27-32-9-12-35(48-2)13-10-32)18-7-23-54-41(46)15-16-42(47)55-24-8-19-45(21-25-53-26-22-45)31-33-28-39(50-4)43(52-6)40(29-33)51-5;;/h9-13,15-16,28-30,38H,7-8,17-27,31H2,1-6H3;;/q2*+1;/b16-15-;;/t38-,44?;;/m1../s1. The van der Waals surface area contributed by atoms with Crippen LogP contribution < -0.4 is 23.7 Å². The summed E-state index contributed by atoms with van der Waals surface area (Å²) in [6.07, 6.45) is 5.38. The molecule has 2 aliphatic heterocycles. The second-order valence-corrected chi connectivity index (χ2v) is 14.4. The van der Waals surface area contributed by atoms with Gasteiger partial charge in [0.25, 0.3) is 0 Å². The van der Waals surface area contributed by atoms with Crippen molar-refractivity contribution in [3.63, 3.8) is 0 Å². The summed E-state index contributed by atoms with van der Waals surface area (Å²) in [4.78, 5) is 25.1. The number of carbonyl (C=O) groups is 2. The molecule has 3 aromatic carbocycles. The summed E-state index contributed by atoms with van der Waals surface area (Å²) in [6.45, 7) is 6.73. The van der Waals surface area contributed by atoms with Crippen molar-refractivity contribution in [2.24, 2.45) is 0 Å². The van der Waals surface area contributed by atoms with Gasteiger partial charge in [-0.05, 0) is 36.2 Å². The molecule has 1 saturated heterocycles. The van der Waals surface area contributed by atoms with Crippen LogP contribution >= 0.6 is 0 Å². The van der Waals surface area contributed by atoms with Gasteiger partial charge in [0.05, 0.1) is 94.7 Å². The van der Waals surface area contributed by atoms with Crippen molar-refractivity contribution in [1.29, 1.82) is 0 Å². The molecule has 12 nitrogen and oxygen atoms in total. The van der Waals surface area contributed by atoms with E-state index in [4.69, 9.17) is 37.9 Å². The van der Waals surface area contributed by atoms with Crippen molar-refractivity contribution < 1.29 is 73.2 Å². The van der Waals surface area contributed by atoms with E-state index in [1.165, 1.54) is 16.7 Å². The van der Waals surface area contributed by atoms with Crippen LogP contribution in [0.4, 0.5) is 0 Å². The van der Waals surface area contributed by atoms with Gasteiger partial charge in [-0.25, -0.2) is 9.59 Å². The summed E-state index contributed by atoms with van der Waals surface area (Å²) in [7, 11) is 10.4. The first kappa shape index (κ1) is 44.4. The predicted octanol–water partition coefficient (Wildman–Crippen LogP) is 5.02. The zero-order valence-electron chi connectivity index (χ0n) is 33.6. The second kappa shape index (κ2) is 21.3. The Kier molecular flexibility index (Phi) is 16.9. The number of hydrogen-bond acceptors (Lipinski definition) is 10. The van der Waals surface area contributed by atoms with Gasteiger partial charge in [-0.15, -0.1) is 17.7 Å². The molecule has 56 heavy (non-hydrogen) atoms. The molecule has 0 aliphatic carbocycles. The van der Waals surface area contributed by atoms with Crippen molar-refractivity contribution >= 4 is 11.9 Å². The molecule has 1 unspecified atom stereocenters. The van der Waals surface area contributed by atoms with E-state index in [2.05, 4.69) is 37.4 Å². The maximum atomic E-state index is 12.6. The zero-order chi connectivity index (χ0) is 39.3. The van der Waals surface area contributed by atoms with Crippen LogP contribution in [0, 0.1) is 6.07 Å². The summed E-state index contributed by atoms with van der Waals surface area (Å²) < 4.78 is 45.8. The molecule has 2 atom stereocenters. The minimum absolute atomic E-state index is 0. The van der Waals surface area contributed by atoms with Crippen molar-refractivity contribution in [3.05, 3.63) is 89.0 Å². The van der Waals surface area contributed by atoms with Crippen molar-refractivity contribution in [2.75, 3.05) is 102 Å². The molecule has 307 valence electrons. The molecule has 0 bridgehead atoms. The SMILES string of the molecule is COc1[c-]cc2c(c1)[C@@H](Cc1ccc(OC)cc1)[N+](C)(CCCOC(=O)/C=C\C(=O)OCCC[N+]1(Cc3cc(OC)c(OC)c(OC)c3)CCOCC1)CC2.[CoH+]. The first-order valence-corrected chi connectivity index (χ1v) is 18.9. The average molecular weight is 822 g/mol. The molecule has 1 fully saturated rings. The Morgan fingerprint density at radius 3 is 1.98 bits per heavy atom. The summed E-state index contributed by atoms with van der Waals surface area (Å²) in [5, 5.41) is 0. The van der Waals surface area contributed by atoms with Gasteiger partial charge in [-0.2, -0.15) is 6.07 Å². The van der Waals surface area contributed by atoms with E-state index in [0.29, 0.717) is 43.3 Å². The number of benzene rings is 3. The van der Waals surface area contributed by atoms with E-state index in [-0.39, 0.29) is 36.0 Å². The third-order valence-electron chi connectivity index (χ3n) is 11.0. The predicted molar refractivity (Wildman–Crippen MR) is 208 cm³/mol. The number of rotatable bonds is 19. The van der Waals surface area contributed by atoms with E-state index < -0.39 is 11.9 Å². The van der Waals surface area contributed by atoms with Gasteiger partial charge in [0.15, 0.2) is 11.5 Å². The fourth-order valence-corrected chi connectivity index (χ4v) is 7.82. The number of fused-ring (bicyclic) bond motifs is 1. The minimum atomic E-state index is -0.575. The maximum absolute atomic E-state index is 12.6. The molecule has 5 rings (SSSR count). The molecule has 2 heterocycles. The van der Waals surface area contributed by atoms with Gasteiger partial charge in [0.2, 0.25) is 5.75 Å². The van der Waals surface area contributed by atoms with Crippen LogP contribution in [0.5, 0.6) is 28.7 Å². The Morgan fingerprint density at radius 1 is 0.786 bits per heavy atom. The van der Waals surface area contributed by atoms with Gasteiger partial charge in [-0.3, -0.25) is 0 Å². The Morgan fingerprint density at radius 2 is 1.41 bits per heavy atom. The van der Waals surface area contributed by atoms with Crippen molar-refractivity contribution in [3.8, 4) is 28.7 Å². The fourth-order valence-electron chi connectivity index (χ4n) is 7.82. The van der Waals surface area contributed by atoms with Crippen molar-refractivity contribution in [2.45, 2.75) is 38.3 Å². The Labute approximate surface area is 341 Å². The Hall–Kier alpha value is -4.27. The number of methoxy groups -OCH3 is 5. The number of quaternary nitrogens is 2. The monoisotopic (exact) mass is 821 g/mol. The van der Waals surface area contributed by atoms with E-state index >= 15 is 0 Å².